The Balaban J connectivity index is 1.41. The largest absolute Gasteiger partial charge is 0.338 e. The molecule has 2 aromatic rings. The highest BCUT2D eigenvalue weighted by molar-refractivity contribution is 5.78. The summed E-state index contributed by atoms with van der Waals surface area (Å²) in [5.41, 5.74) is 2.19. The van der Waals surface area contributed by atoms with Crippen molar-refractivity contribution in [1.82, 2.24) is 29.7 Å². The van der Waals surface area contributed by atoms with Crippen molar-refractivity contribution in [1.29, 1.82) is 0 Å². The monoisotopic (exact) mass is 368 g/mol. The Bertz CT molecular complexity index is 811. The highest BCUT2D eigenvalue weighted by Gasteiger charge is 2.27. The maximum atomic E-state index is 13.0. The van der Waals surface area contributed by atoms with Gasteiger partial charge in [0.05, 0.1) is 17.7 Å². The predicted molar refractivity (Wildman–Crippen MR) is 102 cm³/mol. The van der Waals surface area contributed by atoms with Gasteiger partial charge in [-0.05, 0) is 19.4 Å². The summed E-state index contributed by atoms with van der Waals surface area (Å²) in [7, 11) is 0. The molecule has 0 aliphatic carbocycles. The Morgan fingerprint density at radius 2 is 2.30 bits per heavy atom. The van der Waals surface area contributed by atoms with E-state index in [2.05, 4.69) is 26.8 Å². The zero-order valence-electron chi connectivity index (χ0n) is 16.2. The van der Waals surface area contributed by atoms with Gasteiger partial charge in [0.15, 0.2) is 0 Å². The lowest BCUT2D eigenvalue weighted by Crippen LogP contribution is -2.40. The van der Waals surface area contributed by atoms with E-state index in [1.54, 1.807) is 6.20 Å². The van der Waals surface area contributed by atoms with Crippen molar-refractivity contribution in [3.63, 3.8) is 0 Å². The summed E-state index contributed by atoms with van der Waals surface area (Å²) in [4.78, 5) is 28.6. The first-order valence-corrected chi connectivity index (χ1v) is 10.0. The molecule has 2 aliphatic heterocycles. The van der Waals surface area contributed by atoms with E-state index in [9.17, 15) is 4.79 Å². The molecule has 1 saturated heterocycles. The molecular weight excluding hydrogens is 340 g/mol. The highest BCUT2D eigenvalue weighted by Crippen LogP contribution is 2.24. The molecule has 7 nitrogen and oxygen atoms in total. The van der Waals surface area contributed by atoms with Crippen LogP contribution in [-0.4, -0.2) is 43.4 Å². The fraction of sp³-hybridized carbons (Fsp3) is 0.600. The van der Waals surface area contributed by atoms with Crippen molar-refractivity contribution in [2.75, 3.05) is 13.1 Å². The molecule has 1 N–H and O–H groups in total. The molecule has 27 heavy (non-hydrogen) atoms. The highest BCUT2D eigenvalue weighted by atomic mass is 16.2. The summed E-state index contributed by atoms with van der Waals surface area (Å²) in [6.45, 7) is 7.15. The second-order valence-electron chi connectivity index (χ2n) is 7.61. The number of rotatable bonds is 5. The number of hydrogen-bond acceptors (Lipinski definition) is 5. The Kier molecular flexibility index (Phi) is 5.20. The van der Waals surface area contributed by atoms with Gasteiger partial charge < -0.3 is 14.8 Å². The summed E-state index contributed by atoms with van der Waals surface area (Å²) in [6, 6.07) is 0.290. The number of aromatic nitrogens is 4. The third-order valence-electron chi connectivity index (χ3n) is 5.65. The zero-order valence-corrected chi connectivity index (χ0v) is 16.2. The van der Waals surface area contributed by atoms with Crippen molar-refractivity contribution in [2.24, 2.45) is 5.92 Å². The van der Waals surface area contributed by atoms with E-state index in [1.165, 1.54) is 6.42 Å². The number of carbonyl (C=O) groups is 1. The van der Waals surface area contributed by atoms with Gasteiger partial charge in [0, 0.05) is 56.6 Å². The van der Waals surface area contributed by atoms with Gasteiger partial charge in [-0.25, -0.2) is 15.0 Å². The van der Waals surface area contributed by atoms with Crippen LogP contribution in [0.3, 0.4) is 0 Å². The van der Waals surface area contributed by atoms with E-state index in [0.29, 0.717) is 13.1 Å². The van der Waals surface area contributed by atoms with Crippen LogP contribution in [0.1, 0.15) is 55.6 Å². The third kappa shape index (κ3) is 3.74. The Labute approximate surface area is 160 Å². The molecule has 2 aromatic heterocycles. The van der Waals surface area contributed by atoms with Gasteiger partial charge in [0.1, 0.15) is 11.6 Å². The minimum Gasteiger partial charge on any atom is -0.338 e. The van der Waals surface area contributed by atoms with Crippen LogP contribution in [0.15, 0.2) is 18.6 Å². The lowest BCUT2D eigenvalue weighted by Gasteiger charge is -2.30. The number of carbonyl (C=O) groups excluding carboxylic acids is 1. The second-order valence-corrected chi connectivity index (χ2v) is 7.61. The van der Waals surface area contributed by atoms with Crippen molar-refractivity contribution in [3.8, 4) is 0 Å². The number of amides is 1. The molecule has 0 bridgehead atoms. The molecule has 0 aromatic carbocycles. The molecule has 1 fully saturated rings. The van der Waals surface area contributed by atoms with E-state index in [4.69, 9.17) is 4.98 Å². The fourth-order valence-corrected chi connectivity index (χ4v) is 4.10. The number of hydrogen-bond donors (Lipinski definition) is 1. The van der Waals surface area contributed by atoms with E-state index in [1.807, 2.05) is 24.2 Å². The van der Waals surface area contributed by atoms with Crippen LogP contribution in [-0.2, 0) is 30.7 Å². The van der Waals surface area contributed by atoms with Gasteiger partial charge in [-0.2, -0.15) is 0 Å². The summed E-state index contributed by atoms with van der Waals surface area (Å²) >= 11 is 0. The normalized spacial score (nSPS) is 20.5. The summed E-state index contributed by atoms with van der Waals surface area (Å²) in [6.07, 6.45) is 9.66. The van der Waals surface area contributed by atoms with Crippen molar-refractivity contribution < 1.29 is 4.79 Å². The van der Waals surface area contributed by atoms with Gasteiger partial charge in [-0.3, -0.25) is 4.79 Å². The molecule has 0 radical (unpaired) electrons. The quantitative estimate of drug-likeness (QED) is 0.872. The third-order valence-corrected chi connectivity index (χ3v) is 5.65. The standard InChI is InChI=1S/C20H28N6O/c1-3-18-22-8-10-25(18)12-14(2)20(27)26-9-6-16-15(13-26)11-23-19(24-16)17-5-4-7-21-17/h8,10-11,14,17,21H,3-7,9,12-13H2,1-2H3. The average molecular weight is 368 g/mol. The topological polar surface area (TPSA) is 75.9 Å². The lowest BCUT2D eigenvalue weighted by atomic mass is 10.0. The number of nitrogens with one attached hydrogen (secondary N) is 1. The van der Waals surface area contributed by atoms with Crippen molar-refractivity contribution in [2.45, 2.75) is 58.7 Å². The maximum Gasteiger partial charge on any atom is 0.227 e. The van der Waals surface area contributed by atoms with Crippen LogP contribution in [0.2, 0.25) is 0 Å². The molecule has 1 amide bonds. The first-order chi connectivity index (χ1) is 13.2. The minimum absolute atomic E-state index is 0.0751. The van der Waals surface area contributed by atoms with Crippen LogP contribution in [0.5, 0.6) is 0 Å². The molecule has 2 unspecified atom stereocenters. The molecule has 7 heteroatoms. The first kappa shape index (κ1) is 18.1. The fourth-order valence-electron chi connectivity index (χ4n) is 4.10. The summed E-state index contributed by atoms with van der Waals surface area (Å²) in [5.74, 6) is 2.05. The van der Waals surface area contributed by atoms with Crippen molar-refractivity contribution in [3.05, 3.63) is 41.5 Å². The average Bonchev–Trinajstić information content (AvgIpc) is 3.38. The van der Waals surface area contributed by atoms with Gasteiger partial charge in [-0.15, -0.1) is 0 Å². The van der Waals surface area contributed by atoms with Crippen LogP contribution < -0.4 is 5.32 Å². The molecule has 144 valence electrons. The van der Waals surface area contributed by atoms with Crippen LogP contribution in [0.4, 0.5) is 0 Å². The molecule has 0 spiro atoms. The van der Waals surface area contributed by atoms with Gasteiger partial charge >= 0.3 is 0 Å². The smallest absolute Gasteiger partial charge is 0.227 e. The number of nitrogens with zero attached hydrogens (tertiary/aromatic N) is 5. The Morgan fingerprint density at radius 1 is 1.41 bits per heavy atom. The van der Waals surface area contributed by atoms with Crippen LogP contribution in [0, 0.1) is 5.92 Å². The first-order valence-electron chi connectivity index (χ1n) is 10.0. The summed E-state index contributed by atoms with van der Waals surface area (Å²) in [5, 5.41) is 3.45. The maximum absolute atomic E-state index is 13.0. The van der Waals surface area contributed by atoms with Gasteiger partial charge in [-0.1, -0.05) is 13.8 Å². The van der Waals surface area contributed by atoms with E-state index >= 15 is 0 Å². The minimum atomic E-state index is -0.0751. The van der Waals surface area contributed by atoms with E-state index < -0.39 is 0 Å². The molecular formula is C20H28N6O. The predicted octanol–water partition coefficient (Wildman–Crippen LogP) is 1.88. The van der Waals surface area contributed by atoms with Crippen molar-refractivity contribution >= 4 is 5.91 Å². The van der Waals surface area contributed by atoms with Gasteiger partial charge in [0.25, 0.3) is 0 Å². The SMILES string of the molecule is CCc1nccn1CC(C)C(=O)N1CCc2nc(C3CCCN3)ncc2C1. The van der Waals surface area contributed by atoms with E-state index in [-0.39, 0.29) is 17.9 Å². The molecule has 4 rings (SSSR count). The Hall–Kier alpha value is -2.28. The summed E-state index contributed by atoms with van der Waals surface area (Å²) < 4.78 is 2.09. The number of aryl methyl sites for hydroxylation is 1. The molecule has 4 heterocycles. The van der Waals surface area contributed by atoms with E-state index in [0.717, 1.165) is 55.3 Å². The lowest BCUT2D eigenvalue weighted by molar-refractivity contribution is -0.136. The zero-order chi connectivity index (χ0) is 18.8. The molecule has 2 atom stereocenters. The number of imidazole rings is 1. The number of fused-ring (bicyclic) bond motifs is 1. The Morgan fingerprint density at radius 3 is 3.07 bits per heavy atom. The van der Waals surface area contributed by atoms with Gasteiger partial charge in [0.2, 0.25) is 5.91 Å². The van der Waals surface area contributed by atoms with Crippen LogP contribution in [0.25, 0.3) is 0 Å². The second kappa shape index (κ2) is 7.76. The molecule has 0 saturated carbocycles. The molecule has 2 aliphatic rings. The van der Waals surface area contributed by atoms with Crippen LogP contribution >= 0.6 is 0 Å².